The van der Waals surface area contributed by atoms with Gasteiger partial charge in [0.15, 0.2) is 5.78 Å². The van der Waals surface area contributed by atoms with Gasteiger partial charge in [0.2, 0.25) is 5.95 Å². The number of fused-ring (bicyclic) bond motifs is 1. The molecule has 0 saturated heterocycles. The highest BCUT2D eigenvalue weighted by Gasteiger charge is 2.31. The van der Waals surface area contributed by atoms with E-state index in [0.29, 0.717) is 11.5 Å². The first-order chi connectivity index (χ1) is 9.58. The maximum atomic E-state index is 12.0. The van der Waals surface area contributed by atoms with Gasteiger partial charge in [0.05, 0.1) is 0 Å². The maximum absolute atomic E-state index is 12.0. The molecule has 1 atom stereocenters. The van der Waals surface area contributed by atoms with E-state index in [2.05, 4.69) is 15.4 Å². The van der Waals surface area contributed by atoms with E-state index in [-0.39, 0.29) is 17.6 Å². The van der Waals surface area contributed by atoms with Crippen molar-refractivity contribution in [2.24, 2.45) is 0 Å². The third-order valence-electron chi connectivity index (χ3n) is 3.36. The lowest BCUT2D eigenvalue weighted by molar-refractivity contribution is -0.114. The second kappa shape index (κ2) is 4.48. The van der Waals surface area contributed by atoms with Crippen LogP contribution in [-0.2, 0) is 4.79 Å². The molecule has 0 saturated carbocycles. The Morgan fingerprint density at radius 1 is 1.45 bits per heavy atom. The largest absolute Gasteiger partial charge is 0.508 e. The third-order valence-corrected chi connectivity index (χ3v) is 3.36. The van der Waals surface area contributed by atoms with E-state index in [1.54, 1.807) is 22.9 Å². The zero-order chi connectivity index (χ0) is 14.3. The van der Waals surface area contributed by atoms with Gasteiger partial charge < -0.3 is 10.4 Å². The summed E-state index contributed by atoms with van der Waals surface area (Å²) in [6.45, 7) is 3.36. The Morgan fingerprint density at radius 2 is 2.25 bits per heavy atom. The first-order valence-corrected chi connectivity index (χ1v) is 6.25. The van der Waals surface area contributed by atoms with Crippen molar-refractivity contribution >= 4 is 11.7 Å². The van der Waals surface area contributed by atoms with Crippen molar-refractivity contribution in [2.45, 2.75) is 19.9 Å². The number of carbonyl (C=O) groups is 1. The SMILES string of the molecule is CC(=O)C1=C(C)Nc2ncnn2[C@H]1c1cccc(O)c1. The summed E-state index contributed by atoms with van der Waals surface area (Å²) in [6, 6.07) is 6.46. The van der Waals surface area contributed by atoms with Gasteiger partial charge in [-0.05, 0) is 31.5 Å². The van der Waals surface area contributed by atoms with Gasteiger partial charge in [-0.25, -0.2) is 4.68 Å². The zero-order valence-corrected chi connectivity index (χ0v) is 11.2. The lowest BCUT2D eigenvalue weighted by Gasteiger charge is -2.28. The average Bonchev–Trinajstić information content (AvgIpc) is 2.84. The van der Waals surface area contributed by atoms with Crippen LogP contribution in [0.2, 0.25) is 0 Å². The van der Waals surface area contributed by atoms with Gasteiger partial charge in [0, 0.05) is 11.3 Å². The molecule has 6 heteroatoms. The Morgan fingerprint density at radius 3 is 2.95 bits per heavy atom. The van der Waals surface area contributed by atoms with Crippen molar-refractivity contribution in [2.75, 3.05) is 5.32 Å². The number of phenolic OH excluding ortho intramolecular Hbond substituents is 1. The first kappa shape index (κ1) is 12.4. The van der Waals surface area contributed by atoms with E-state index in [9.17, 15) is 9.90 Å². The molecule has 2 N–H and O–H groups in total. The van der Waals surface area contributed by atoms with Crippen molar-refractivity contribution in [3.05, 3.63) is 47.4 Å². The van der Waals surface area contributed by atoms with Crippen LogP contribution in [0.4, 0.5) is 5.95 Å². The van der Waals surface area contributed by atoms with Gasteiger partial charge in [-0.15, -0.1) is 0 Å². The van der Waals surface area contributed by atoms with Crippen LogP contribution in [0.25, 0.3) is 0 Å². The Hall–Kier alpha value is -2.63. The molecule has 0 aliphatic carbocycles. The number of allylic oxidation sites excluding steroid dienone is 2. The zero-order valence-electron chi connectivity index (χ0n) is 11.2. The number of ketones is 1. The summed E-state index contributed by atoms with van der Waals surface area (Å²) >= 11 is 0. The number of nitrogens with zero attached hydrogens (tertiary/aromatic N) is 3. The summed E-state index contributed by atoms with van der Waals surface area (Å²) in [4.78, 5) is 16.1. The summed E-state index contributed by atoms with van der Waals surface area (Å²) in [5.41, 5.74) is 2.17. The molecule has 2 aromatic rings. The molecule has 6 nitrogen and oxygen atoms in total. The second-order valence-electron chi connectivity index (χ2n) is 4.75. The molecule has 0 fully saturated rings. The molecule has 20 heavy (non-hydrogen) atoms. The van der Waals surface area contributed by atoms with E-state index in [4.69, 9.17) is 0 Å². The van der Waals surface area contributed by atoms with Crippen LogP contribution in [0, 0.1) is 0 Å². The summed E-state index contributed by atoms with van der Waals surface area (Å²) in [5, 5.41) is 16.9. The smallest absolute Gasteiger partial charge is 0.226 e. The predicted octanol–water partition coefficient (Wildman–Crippen LogP) is 1.86. The standard InChI is InChI=1S/C14H14N4O2/c1-8-12(9(2)19)13(10-4-3-5-11(20)6-10)18-14(17-8)15-7-16-18/h3-7,13,20H,1-2H3,(H,15,16,17)/t13-/m0/s1. The van der Waals surface area contributed by atoms with Crippen molar-refractivity contribution in [1.29, 1.82) is 0 Å². The van der Waals surface area contributed by atoms with E-state index in [1.807, 2.05) is 13.0 Å². The van der Waals surface area contributed by atoms with Gasteiger partial charge >= 0.3 is 0 Å². The van der Waals surface area contributed by atoms with E-state index in [0.717, 1.165) is 11.3 Å². The third kappa shape index (κ3) is 1.85. The minimum atomic E-state index is -0.377. The van der Waals surface area contributed by atoms with Gasteiger partial charge in [-0.1, -0.05) is 12.1 Å². The minimum Gasteiger partial charge on any atom is -0.508 e. The van der Waals surface area contributed by atoms with Crippen LogP contribution in [-0.4, -0.2) is 25.7 Å². The van der Waals surface area contributed by atoms with Crippen LogP contribution >= 0.6 is 0 Å². The molecule has 1 aliphatic heterocycles. The molecule has 1 aromatic carbocycles. The van der Waals surface area contributed by atoms with E-state index in [1.165, 1.54) is 13.3 Å². The van der Waals surface area contributed by atoms with Crippen molar-refractivity contribution in [1.82, 2.24) is 14.8 Å². The van der Waals surface area contributed by atoms with Crippen molar-refractivity contribution < 1.29 is 9.90 Å². The monoisotopic (exact) mass is 270 g/mol. The fourth-order valence-corrected chi connectivity index (χ4v) is 2.55. The van der Waals surface area contributed by atoms with Gasteiger partial charge in [-0.2, -0.15) is 10.1 Å². The summed E-state index contributed by atoms with van der Waals surface area (Å²) in [7, 11) is 0. The molecule has 0 spiro atoms. The van der Waals surface area contributed by atoms with Crippen LogP contribution in [0.15, 0.2) is 41.9 Å². The highest BCUT2D eigenvalue weighted by Crippen LogP contribution is 2.35. The number of nitrogens with one attached hydrogen (secondary N) is 1. The summed E-state index contributed by atoms with van der Waals surface area (Å²) in [6.07, 6.45) is 1.44. The normalized spacial score (nSPS) is 17.6. The van der Waals surface area contributed by atoms with E-state index < -0.39 is 0 Å². The van der Waals surface area contributed by atoms with Gasteiger partial charge in [0.25, 0.3) is 0 Å². The first-order valence-electron chi connectivity index (χ1n) is 6.25. The maximum Gasteiger partial charge on any atom is 0.226 e. The highest BCUT2D eigenvalue weighted by molar-refractivity contribution is 5.96. The average molecular weight is 270 g/mol. The quantitative estimate of drug-likeness (QED) is 0.870. The second-order valence-corrected chi connectivity index (χ2v) is 4.75. The predicted molar refractivity (Wildman–Crippen MR) is 73.3 cm³/mol. The number of hydrogen-bond donors (Lipinski definition) is 2. The van der Waals surface area contributed by atoms with Crippen molar-refractivity contribution in [3.8, 4) is 5.75 Å². The number of anilines is 1. The number of phenols is 1. The van der Waals surface area contributed by atoms with Gasteiger partial charge in [-0.3, -0.25) is 4.79 Å². The Balaban J connectivity index is 2.22. The highest BCUT2D eigenvalue weighted by atomic mass is 16.3. The molecule has 0 amide bonds. The number of Topliss-reactive ketones (excluding diaryl/α,β-unsaturated/α-hetero) is 1. The number of hydrogen-bond acceptors (Lipinski definition) is 5. The summed E-state index contributed by atoms with van der Waals surface area (Å²) < 4.78 is 1.65. The molecule has 3 rings (SSSR count). The van der Waals surface area contributed by atoms with Crippen LogP contribution < -0.4 is 5.32 Å². The molecular weight excluding hydrogens is 256 g/mol. The Kier molecular flexibility index (Phi) is 2.78. The molecular formula is C14H14N4O2. The number of benzene rings is 1. The number of aromatic hydroxyl groups is 1. The Labute approximate surface area is 115 Å². The minimum absolute atomic E-state index is 0.0375. The van der Waals surface area contributed by atoms with Crippen LogP contribution in [0.5, 0.6) is 5.75 Å². The molecule has 102 valence electrons. The Bertz CT molecular complexity index is 717. The van der Waals surface area contributed by atoms with Crippen LogP contribution in [0.3, 0.4) is 0 Å². The topological polar surface area (TPSA) is 80.0 Å². The summed E-state index contributed by atoms with van der Waals surface area (Å²) in [5.74, 6) is 0.702. The number of aromatic nitrogens is 3. The fourth-order valence-electron chi connectivity index (χ4n) is 2.55. The van der Waals surface area contributed by atoms with Crippen molar-refractivity contribution in [3.63, 3.8) is 0 Å². The fraction of sp³-hybridized carbons (Fsp3) is 0.214. The lowest BCUT2D eigenvalue weighted by Crippen LogP contribution is -2.27. The molecule has 0 bridgehead atoms. The van der Waals surface area contributed by atoms with Crippen LogP contribution in [0.1, 0.15) is 25.5 Å². The molecule has 1 aromatic heterocycles. The van der Waals surface area contributed by atoms with Gasteiger partial charge in [0.1, 0.15) is 18.1 Å². The van der Waals surface area contributed by atoms with E-state index >= 15 is 0 Å². The molecule has 0 unspecified atom stereocenters. The number of carbonyl (C=O) groups excluding carboxylic acids is 1. The number of rotatable bonds is 2. The molecule has 2 heterocycles. The lowest BCUT2D eigenvalue weighted by atomic mass is 9.93. The molecule has 1 aliphatic rings. The molecule has 0 radical (unpaired) electrons.